The SMILES string of the molecule is CC(=O)Nc1ccc(NC(=O)CC(=O)N2CCc3ccccc3C2)cc1. The normalized spacial score (nSPS) is 12.9. The van der Waals surface area contributed by atoms with Crippen LogP contribution in [-0.4, -0.2) is 29.2 Å². The van der Waals surface area contributed by atoms with Crippen molar-refractivity contribution < 1.29 is 14.4 Å². The topological polar surface area (TPSA) is 78.5 Å². The fraction of sp³-hybridized carbons (Fsp3) is 0.250. The maximum Gasteiger partial charge on any atom is 0.233 e. The second kappa shape index (κ2) is 7.82. The average molecular weight is 351 g/mol. The number of anilines is 2. The van der Waals surface area contributed by atoms with Gasteiger partial charge in [-0.05, 0) is 41.8 Å². The van der Waals surface area contributed by atoms with Gasteiger partial charge in [-0.25, -0.2) is 0 Å². The number of fused-ring (bicyclic) bond motifs is 1. The third-order valence-corrected chi connectivity index (χ3v) is 4.28. The molecule has 0 radical (unpaired) electrons. The molecule has 0 bridgehead atoms. The summed E-state index contributed by atoms with van der Waals surface area (Å²) >= 11 is 0. The first-order chi connectivity index (χ1) is 12.5. The molecule has 3 rings (SSSR count). The lowest BCUT2D eigenvalue weighted by molar-refractivity contribution is -0.135. The molecule has 0 atom stereocenters. The molecule has 2 N–H and O–H groups in total. The molecule has 1 aliphatic heterocycles. The summed E-state index contributed by atoms with van der Waals surface area (Å²) in [5, 5.41) is 5.37. The maximum absolute atomic E-state index is 12.4. The molecule has 6 heteroatoms. The lowest BCUT2D eigenvalue weighted by Gasteiger charge is -2.28. The molecule has 0 fully saturated rings. The zero-order valence-electron chi connectivity index (χ0n) is 14.6. The van der Waals surface area contributed by atoms with Crippen LogP contribution >= 0.6 is 0 Å². The van der Waals surface area contributed by atoms with E-state index in [4.69, 9.17) is 0 Å². The minimum atomic E-state index is -0.346. The van der Waals surface area contributed by atoms with Crippen LogP contribution in [-0.2, 0) is 27.3 Å². The standard InChI is InChI=1S/C20H21N3O3/c1-14(24)21-17-6-8-18(9-7-17)22-19(25)12-20(26)23-11-10-15-4-2-3-5-16(15)13-23/h2-9H,10-13H2,1H3,(H,21,24)(H,22,25). The van der Waals surface area contributed by atoms with E-state index < -0.39 is 0 Å². The van der Waals surface area contributed by atoms with Crippen molar-refractivity contribution >= 4 is 29.1 Å². The number of hydrogen-bond donors (Lipinski definition) is 2. The summed E-state index contributed by atoms with van der Waals surface area (Å²) in [5.41, 5.74) is 3.64. The molecule has 0 spiro atoms. The molecule has 2 aromatic rings. The van der Waals surface area contributed by atoms with Gasteiger partial charge in [0, 0.05) is 31.4 Å². The Labute approximate surface area is 152 Å². The third kappa shape index (κ3) is 4.47. The number of amides is 3. The van der Waals surface area contributed by atoms with Crippen LogP contribution in [0.25, 0.3) is 0 Å². The third-order valence-electron chi connectivity index (χ3n) is 4.28. The van der Waals surface area contributed by atoms with Gasteiger partial charge < -0.3 is 15.5 Å². The van der Waals surface area contributed by atoms with Crippen molar-refractivity contribution in [3.8, 4) is 0 Å². The molecular formula is C20H21N3O3. The summed E-state index contributed by atoms with van der Waals surface area (Å²) in [6, 6.07) is 14.8. The van der Waals surface area contributed by atoms with Gasteiger partial charge in [-0.15, -0.1) is 0 Å². The smallest absolute Gasteiger partial charge is 0.233 e. The Bertz CT molecular complexity index is 830. The lowest BCUT2D eigenvalue weighted by Crippen LogP contribution is -2.37. The Hall–Kier alpha value is -3.15. The Morgan fingerprint density at radius 1 is 0.923 bits per heavy atom. The molecule has 2 aromatic carbocycles. The minimum absolute atomic E-state index is 0.157. The van der Waals surface area contributed by atoms with Crippen molar-refractivity contribution in [3.05, 3.63) is 59.7 Å². The van der Waals surface area contributed by atoms with Crippen LogP contribution in [0.2, 0.25) is 0 Å². The fourth-order valence-corrected chi connectivity index (χ4v) is 3.00. The van der Waals surface area contributed by atoms with E-state index >= 15 is 0 Å². The molecule has 0 unspecified atom stereocenters. The van der Waals surface area contributed by atoms with Crippen molar-refractivity contribution in [2.45, 2.75) is 26.3 Å². The van der Waals surface area contributed by atoms with Crippen LogP contribution in [0.1, 0.15) is 24.5 Å². The van der Waals surface area contributed by atoms with Gasteiger partial charge in [0.2, 0.25) is 17.7 Å². The number of nitrogens with one attached hydrogen (secondary N) is 2. The number of carbonyl (C=O) groups excluding carboxylic acids is 3. The molecule has 0 saturated heterocycles. The van der Waals surface area contributed by atoms with Gasteiger partial charge in [-0.2, -0.15) is 0 Å². The summed E-state index contributed by atoms with van der Waals surface area (Å²) in [6.45, 7) is 2.61. The van der Waals surface area contributed by atoms with E-state index in [1.165, 1.54) is 12.5 Å². The van der Waals surface area contributed by atoms with E-state index in [9.17, 15) is 14.4 Å². The van der Waals surface area contributed by atoms with Gasteiger partial charge in [0.15, 0.2) is 0 Å². The summed E-state index contributed by atoms with van der Waals surface area (Å²) in [6.07, 6.45) is 0.629. The van der Waals surface area contributed by atoms with E-state index in [1.807, 2.05) is 18.2 Å². The molecule has 1 heterocycles. The second-order valence-corrected chi connectivity index (χ2v) is 6.32. The molecule has 134 valence electrons. The van der Waals surface area contributed by atoms with Gasteiger partial charge in [0.25, 0.3) is 0 Å². The Kier molecular flexibility index (Phi) is 5.31. The summed E-state index contributed by atoms with van der Waals surface area (Å²) in [4.78, 5) is 37.3. The van der Waals surface area contributed by atoms with E-state index in [-0.39, 0.29) is 24.1 Å². The van der Waals surface area contributed by atoms with Crippen molar-refractivity contribution in [1.29, 1.82) is 0 Å². The number of rotatable bonds is 4. The van der Waals surface area contributed by atoms with E-state index in [0.717, 1.165) is 12.0 Å². The predicted octanol–water partition coefficient (Wildman–Crippen LogP) is 2.56. The van der Waals surface area contributed by atoms with Gasteiger partial charge in [-0.1, -0.05) is 24.3 Å². The Balaban J connectivity index is 1.53. The first kappa shape index (κ1) is 17.7. The monoisotopic (exact) mass is 351 g/mol. The second-order valence-electron chi connectivity index (χ2n) is 6.32. The van der Waals surface area contributed by atoms with Gasteiger partial charge in [-0.3, -0.25) is 14.4 Å². The van der Waals surface area contributed by atoms with E-state index in [0.29, 0.717) is 24.5 Å². The van der Waals surface area contributed by atoms with Crippen molar-refractivity contribution in [2.24, 2.45) is 0 Å². The minimum Gasteiger partial charge on any atom is -0.338 e. The number of nitrogens with zero attached hydrogens (tertiary/aromatic N) is 1. The summed E-state index contributed by atoms with van der Waals surface area (Å²) in [7, 11) is 0. The van der Waals surface area contributed by atoms with Gasteiger partial charge in [0.05, 0.1) is 0 Å². The highest BCUT2D eigenvalue weighted by atomic mass is 16.2. The lowest BCUT2D eigenvalue weighted by atomic mass is 10.00. The van der Waals surface area contributed by atoms with Crippen molar-refractivity contribution in [2.75, 3.05) is 17.2 Å². The average Bonchev–Trinajstić information content (AvgIpc) is 2.62. The molecule has 3 amide bonds. The van der Waals surface area contributed by atoms with Gasteiger partial charge >= 0.3 is 0 Å². The van der Waals surface area contributed by atoms with Crippen LogP contribution in [0, 0.1) is 0 Å². The van der Waals surface area contributed by atoms with Crippen LogP contribution in [0.5, 0.6) is 0 Å². The molecule has 1 aliphatic rings. The fourth-order valence-electron chi connectivity index (χ4n) is 3.00. The molecule has 0 saturated carbocycles. The quantitative estimate of drug-likeness (QED) is 0.831. The molecule has 0 aromatic heterocycles. The van der Waals surface area contributed by atoms with Crippen LogP contribution in [0.3, 0.4) is 0 Å². The maximum atomic E-state index is 12.4. The summed E-state index contributed by atoms with van der Waals surface area (Å²) < 4.78 is 0. The highest BCUT2D eigenvalue weighted by molar-refractivity contribution is 6.03. The summed E-state index contributed by atoms with van der Waals surface area (Å²) in [5.74, 6) is -0.677. The Morgan fingerprint density at radius 2 is 1.54 bits per heavy atom. The molecular weight excluding hydrogens is 330 g/mol. The van der Waals surface area contributed by atoms with Crippen LogP contribution < -0.4 is 10.6 Å². The van der Waals surface area contributed by atoms with Crippen LogP contribution in [0.15, 0.2) is 48.5 Å². The van der Waals surface area contributed by atoms with Crippen molar-refractivity contribution in [1.82, 2.24) is 4.90 Å². The zero-order chi connectivity index (χ0) is 18.5. The van der Waals surface area contributed by atoms with Crippen molar-refractivity contribution in [3.63, 3.8) is 0 Å². The largest absolute Gasteiger partial charge is 0.338 e. The van der Waals surface area contributed by atoms with E-state index in [1.54, 1.807) is 29.2 Å². The van der Waals surface area contributed by atoms with Crippen LogP contribution in [0.4, 0.5) is 11.4 Å². The number of benzene rings is 2. The molecule has 0 aliphatic carbocycles. The predicted molar refractivity (Wildman–Crippen MR) is 99.6 cm³/mol. The number of carbonyl (C=O) groups is 3. The highest BCUT2D eigenvalue weighted by Crippen LogP contribution is 2.19. The molecule has 6 nitrogen and oxygen atoms in total. The molecule has 26 heavy (non-hydrogen) atoms. The number of hydrogen-bond acceptors (Lipinski definition) is 3. The highest BCUT2D eigenvalue weighted by Gasteiger charge is 2.22. The van der Waals surface area contributed by atoms with Gasteiger partial charge in [0.1, 0.15) is 6.42 Å². The first-order valence-electron chi connectivity index (χ1n) is 8.53. The first-order valence-corrected chi connectivity index (χ1v) is 8.53. The zero-order valence-corrected chi connectivity index (χ0v) is 14.6. The Morgan fingerprint density at radius 3 is 2.19 bits per heavy atom. The van der Waals surface area contributed by atoms with E-state index in [2.05, 4.69) is 16.7 Å².